The molecule has 0 fully saturated rings. The highest BCUT2D eigenvalue weighted by atomic mass is 15.3. The van der Waals surface area contributed by atoms with Gasteiger partial charge in [-0.15, -0.1) is 0 Å². The molecule has 0 radical (unpaired) electrons. The second-order valence-electron chi connectivity index (χ2n) is 16.3. The van der Waals surface area contributed by atoms with Crippen molar-refractivity contribution in [1.82, 2.24) is 23.9 Å². The van der Waals surface area contributed by atoms with Crippen LogP contribution >= 0.6 is 0 Å². The van der Waals surface area contributed by atoms with E-state index in [0.29, 0.717) is 0 Å². The topological polar surface area (TPSA) is 40.6 Å². The second kappa shape index (κ2) is 13.6. The lowest BCUT2D eigenvalue weighted by molar-refractivity contribution is 0.588. The van der Waals surface area contributed by atoms with Gasteiger partial charge in [-0.25, -0.2) is 9.67 Å². The molecule has 5 heteroatoms. The van der Waals surface area contributed by atoms with Gasteiger partial charge in [0.05, 0.1) is 33.4 Å². The van der Waals surface area contributed by atoms with Crippen LogP contribution in [0.15, 0.2) is 194 Å². The first-order valence-corrected chi connectivity index (χ1v) is 20.3. The number of pyridine rings is 1. The van der Waals surface area contributed by atoms with Crippen molar-refractivity contribution in [3.8, 4) is 50.8 Å². The highest BCUT2D eigenvalue weighted by molar-refractivity contribution is 6.12. The summed E-state index contributed by atoms with van der Waals surface area (Å²) < 4.78 is 6.89. The smallest absolute Gasteiger partial charge is 0.137 e. The van der Waals surface area contributed by atoms with Gasteiger partial charge in [0.25, 0.3) is 0 Å². The van der Waals surface area contributed by atoms with Crippen molar-refractivity contribution in [3.63, 3.8) is 0 Å². The van der Waals surface area contributed by atoms with Crippen molar-refractivity contribution in [1.29, 1.82) is 0 Å². The third-order valence-electron chi connectivity index (χ3n) is 11.7. The molecular formula is C54H41N5. The third-order valence-corrected chi connectivity index (χ3v) is 11.7. The van der Waals surface area contributed by atoms with E-state index in [1.54, 1.807) is 0 Å². The highest BCUT2D eigenvalue weighted by Crippen LogP contribution is 2.43. The summed E-state index contributed by atoms with van der Waals surface area (Å²) in [5, 5.41) is 10.3. The quantitative estimate of drug-likeness (QED) is 0.169. The van der Waals surface area contributed by atoms with Crippen molar-refractivity contribution in [3.05, 3.63) is 200 Å². The lowest BCUT2D eigenvalue weighted by Crippen LogP contribution is -2.12. The Balaban J connectivity index is 1.18. The molecule has 0 saturated carbocycles. The number of fused-ring (bicyclic) bond motifs is 6. The number of aromatic nitrogens is 5. The van der Waals surface area contributed by atoms with E-state index in [1.807, 2.05) is 6.20 Å². The summed E-state index contributed by atoms with van der Waals surface area (Å²) in [5.41, 5.74) is 14.2. The van der Waals surface area contributed by atoms with Crippen LogP contribution < -0.4 is 0 Å². The monoisotopic (exact) mass is 759 g/mol. The molecule has 282 valence electrons. The molecule has 0 unspecified atom stereocenters. The molecule has 0 aliphatic heterocycles. The maximum absolute atomic E-state index is 5.50. The van der Waals surface area contributed by atoms with Crippen LogP contribution in [0.2, 0.25) is 0 Å². The molecule has 0 aliphatic carbocycles. The normalized spacial score (nSPS) is 12.0. The Labute approximate surface area is 343 Å². The van der Waals surface area contributed by atoms with Gasteiger partial charge < -0.3 is 4.57 Å². The maximum Gasteiger partial charge on any atom is 0.137 e. The molecular weight excluding hydrogens is 719 g/mol. The van der Waals surface area contributed by atoms with E-state index in [4.69, 9.17) is 10.1 Å². The molecule has 0 saturated heterocycles. The minimum atomic E-state index is -0.0129. The van der Waals surface area contributed by atoms with Crippen molar-refractivity contribution >= 4 is 43.6 Å². The summed E-state index contributed by atoms with van der Waals surface area (Å²) in [4.78, 5) is 4.97. The van der Waals surface area contributed by atoms with Crippen LogP contribution in [0.5, 0.6) is 0 Å². The Bertz CT molecular complexity index is 3340. The zero-order valence-electron chi connectivity index (χ0n) is 33.2. The van der Waals surface area contributed by atoms with E-state index in [0.717, 1.165) is 72.9 Å². The Morgan fingerprint density at radius 2 is 0.932 bits per heavy atom. The van der Waals surface area contributed by atoms with E-state index in [2.05, 4.69) is 223 Å². The zero-order valence-corrected chi connectivity index (χ0v) is 33.2. The molecule has 11 rings (SSSR count). The molecule has 4 aromatic heterocycles. The van der Waals surface area contributed by atoms with Crippen molar-refractivity contribution in [2.45, 2.75) is 26.2 Å². The molecule has 11 aromatic rings. The fraction of sp³-hybridized carbons (Fsp3) is 0.0741. The third kappa shape index (κ3) is 5.69. The number of hydrogen-bond donors (Lipinski definition) is 0. The van der Waals surface area contributed by atoms with Gasteiger partial charge in [-0.2, -0.15) is 5.10 Å². The number of benzene rings is 7. The first kappa shape index (κ1) is 34.7. The van der Waals surface area contributed by atoms with Gasteiger partial charge in [-0.05, 0) is 65.1 Å². The number of rotatable bonds is 6. The van der Waals surface area contributed by atoms with Crippen LogP contribution in [0.25, 0.3) is 94.4 Å². The van der Waals surface area contributed by atoms with E-state index in [1.165, 1.54) is 27.1 Å². The van der Waals surface area contributed by atoms with Crippen molar-refractivity contribution in [2.75, 3.05) is 0 Å². The van der Waals surface area contributed by atoms with Crippen molar-refractivity contribution < 1.29 is 0 Å². The van der Waals surface area contributed by atoms with Gasteiger partial charge in [0.2, 0.25) is 0 Å². The number of hydrogen-bond acceptors (Lipinski definition) is 2. The Morgan fingerprint density at radius 3 is 1.58 bits per heavy atom. The van der Waals surface area contributed by atoms with Crippen LogP contribution in [0.1, 0.15) is 26.3 Å². The minimum Gasteiger partial charge on any atom is -0.309 e. The fourth-order valence-electron chi connectivity index (χ4n) is 8.86. The van der Waals surface area contributed by atoms with Gasteiger partial charge in [0, 0.05) is 50.1 Å². The second-order valence-corrected chi connectivity index (χ2v) is 16.3. The molecule has 7 aromatic carbocycles. The molecule has 4 heterocycles. The number of nitrogens with zero attached hydrogens (tertiary/aromatic N) is 5. The van der Waals surface area contributed by atoms with Gasteiger partial charge in [-0.1, -0.05) is 160 Å². The van der Waals surface area contributed by atoms with Crippen LogP contribution in [-0.4, -0.2) is 23.9 Å². The summed E-state index contributed by atoms with van der Waals surface area (Å²) in [7, 11) is 0. The van der Waals surface area contributed by atoms with E-state index in [9.17, 15) is 0 Å². The molecule has 0 bridgehead atoms. The molecule has 5 nitrogen and oxygen atoms in total. The predicted octanol–water partition coefficient (Wildman–Crippen LogP) is 13.8. The summed E-state index contributed by atoms with van der Waals surface area (Å²) in [6.45, 7) is 6.76. The molecule has 0 amide bonds. The largest absolute Gasteiger partial charge is 0.309 e. The summed E-state index contributed by atoms with van der Waals surface area (Å²) in [5.74, 6) is 0.917. The van der Waals surface area contributed by atoms with E-state index in [-0.39, 0.29) is 5.41 Å². The standard InChI is InChI=1S/C54H41N5/c1-54(2,3)39-31-32-55-50(33-39)58-47-26-16-14-24-43(47)45-29-27-40(34-49(45)58)57-46-25-15-13-23-42(46)44-30-28-41(35-48(44)57)59-53(38-21-11-6-12-22-38)51(36-17-7-4-8-18-36)52(56-59)37-19-9-5-10-20-37/h4-35H,1-3H3. The Morgan fingerprint density at radius 1 is 0.424 bits per heavy atom. The summed E-state index contributed by atoms with van der Waals surface area (Å²) >= 11 is 0. The molecule has 0 aliphatic rings. The van der Waals surface area contributed by atoms with Gasteiger partial charge >= 0.3 is 0 Å². The van der Waals surface area contributed by atoms with Crippen molar-refractivity contribution in [2.24, 2.45) is 0 Å². The minimum absolute atomic E-state index is 0.0129. The first-order chi connectivity index (χ1) is 28.9. The van der Waals surface area contributed by atoms with Gasteiger partial charge in [-0.3, -0.25) is 4.57 Å². The fourth-order valence-corrected chi connectivity index (χ4v) is 8.86. The Hall–Kier alpha value is -7.50. The maximum atomic E-state index is 5.50. The lowest BCUT2D eigenvalue weighted by Gasteiger charge is -2.20. The number of para-hydroxylation sites is 2. The van der Waals surface area contributed by atoms with Gasteiger partial charge in [0.15, 0.2) is 0 Å². The molecule has 0 N–H and O–H groups in total. The summed E-state index contributed by atoms with van der Waals surface area (Å²) in [6, 6.07) is 67.3. The molecule has 0 spiro atoms. The SMILES string of the molecule is CC(C)(C)c1ccnc(-n2c3ccccc3c3ccc(-n4c5ccccc5c5ccc(-n6nc(-c7ccccc7)c(-c7ccccc7)c6-c6ccccc6)cc54)cc32)c1. The molecule has 0 atom stereocenters. The van der Waals surface area contributed by atoms with Crippen LogP contribution in [0, 0.1) is 0 Å². The molecule has 59 heavy (non-hydrogen) atoms. The van der Waals surface area contributed by atoms with E-state index < -0.39 is 0 Å². The highest BCUT2D eigenvalue weighted by Gasteiger charge is 2.25. The zero-order chi connectivity index (χ0) is 39.7. The Kier molecular flexibility index (Phi) is 7.99. The average Bonchev–Trinajstić information content (AvgIpc) is 3.95. The summed E-state index contributed by atoms with van der Waals surface area (Å²) in [6.07, 6.45) is 1.94. The van der Waals surface area contributed by atoms with Crippen LogP contribution in [-0.2, 0) is 5.41 Å². The first-order valence-electron chi connectivity index (χ1n) is 20.3. The van der Waals surface area contributed by atoms with Gasteiger partial charge in [0.1, 0.15) is 11.5 Å². The average molecular weight is 760 g/mol. The van der Waals surface area contributed by atoms with Crippen LogP contribution in [0.4, 0.5) is 0 Å². The lowest BCUT2D eigenvalue weighted by atomic mass is 9.88. The van der Waals surface area contributed by atoms with Crippen LogP contribution in [0.3, 0.4) is 0 Å². The van der Waals surface area contributed by atoms with E-state index >= 15 is 0 Å². The predicted molar refractivity (Wildman–Crippen MR) is 245 cm³/mol.